The van der Waals surface area contributed by atoms with E-state index >= 15 is 0 Å². The Morgan fingerprint density at radius 2 is 1.74 bits per heavy atom. The lowest BCUT2D eigenvalue weighted by Crippen LogP contribution is -2.28. The molecule has 5 rings (SSSR count). The van der Waals surface area contributed by atoms with Crippen LogP contribution < -0.4 is 4.90 Å². The Hall–Kier alpha value is -3.73. The number of fused-ring (bicyclic) bond motifs is 4. The van der Waals surface area contributed by atoms with Crippen molar-refractivity contribution < 1.29 is 9.50 Å². The van der Waals surface area contributed by atoms with E-state index in [1.54, 1.807) is 12.1 Å². The van der Waals surface area contributed by atoms with E-state index in [9.17, 15) is 10.1 Å². The lowest BCUT2D eigenvalue weighted by molar-refractivity contribution is -0.437. The molecule has 2 aliphatic rings. The second-order valence-corrected chi connectivity index (χ2v) is 11.5. The standard InChI is InChI=1S/C33H38N3O2/c1-7-20-34-27-19-17-24(36(37)38)22-26(27)32(3,4)29(34)14-11-15-30-33(5,6)31-25-13-10-9-12-23(25)16-18-28(31)35(30)21-8-2/h9-19,22H,7-8,20-21H2,1-6H3/q+1. The molecule has 3 aromatic rings. The molecule has 196 valence electrons. The second kappa shape index (κ2) is 9.54. The first-order chi connectivity index (χ1) is 18.1. The summed E-state index contributed by atoms with van der Waals surface area (Å²) in [5.74, 6) is 0. The monoisotopic (exact) mass is 508 g/mol. The van der Waals surface area contributed by atoms with Gasteiger partial charge in [-0.3, -0.25) is 10.1 Å². The predicted octanol–water partition coefficient (Wildman–Crippen LogP) is 8.18. The molecule has 38 heavy (non-hydrogen) atoms. The van der Waals surface area contributed by atoms with Crippen LogP contribution in [-0.2, 0) is 10.8 Å². The van der Waals surface area contributed by atoms with E-state index in [2.05, 4.69) is 106 Å². The van der Waals surface area contributed by atoms with Crippen LogP contribution in [0.25, 0.3) is 10.8 Å². The molecular formula is C33H38N3O2+. The first kappa shape index (κ1) is 25.9. The van der Waals surface area contributed by atoms with E-state index in [1.807, 2.05) is 6.07 Å². The van der Waals surface area contributed by atoms with Crippen LogP contribution >= 0.6 is 0 Å². The number of hydrogen-bond donors (Lipinski definition) is 0. The van der Waals surface area contributed by atoms with Gasteiger partial charge in [0.25, 0.3) is 5.69 Å². The molecular weight excluding hydrogens is 470 g/mol. The first-order valence-corrected chi connectivity index (χ1v) is 13.7. The summed E-state index contributed by atoms with van der Waals surface area (Å²) in [7, 11) is 0. The van der Waals surface area contributed by atoms with Crippen LogP contribution in [0.4, 0.5) is 17.1 Å². The molecule has 2 heterocycles. The van der Waals surface area contributed by atoms with Gasteiger partial charge in [-0.1, -0.05) is 58.0 Å². The fourth-order valence-corrected chi connectivity index (χ4v) is 6.47. The zero-order chi connectivity index (χ0) is 27.2. The lowest BCUT2D eigenvalue weighted by atomic mass is 9.79. The fraction of sp³-hybridized carbons (Fsp3) is 0.364. The molecule has 0 saturated carbocycles. The van der Waals surface area contributed by atoms with Crippen LogP contribution in [0, 0.1) is 10.1 Å². The van der Waals surface area contributed by atoms with Crippen LogP contribution in [-0.4, -0.2) is 28.3 Å². The van der Waals surface area contributed by atoms with Crippen molar-refractivity contribution in [1.82, 2.24) is 0 Å². The van der Waals surface area contributed by atoms with Gasteiger partial charge in [0.1, 0.15) is 6.54 Å². The van der Waals surface area contributed by atoms with E-state index in [1.165, 1.54) is 33.4 Å². The number of nitro groups is 1. The number of allylic oxidation sites excluding steroid dienone is 4. The molecule has 2 aliphatic heterocycles. The number of nitro benzene ring substituents is 1. The van der Waals surface area contributed by atoms with E-state index in [-0.39, 0.29) is 21.4 Å². The van der Waals surface area contributed by atoms with E-state index in [4.69, 9.17) is 0 Å². The van der Waals surface area contributed by atoms with Crippen LogP contribution in [0.3, 0.4) is 0 Å². The number of nitrogens with zero attached hydrogens (tertiary/aromatic N) is 3. The number of benzene rings is 3. The summed E-state index contributed by atoms with van der Waals surface area (Å²) in [5.41, 5.74) is 6.93. The van der Waals surface area contributed by atoms with E-state index < -0.39 is 0 Å². The number of rotatable bonds is 7. The molecule has 0 aliphatic carbocycles. The van der Waals surface area contributed by atoms with Crippen LogP contribution in [0.5, 0.6) is 0 Å². The Kier molecular flexibility index (Phi) is 6.50. The van der Waals surface area contributed by atoms with Gasteiger partial charge >= 0.3 is 0 Å². The average molecular weight is 509 g/mol. The Morgan fingerprint density at radius 3 is 2.45 bits per heavy atom. The van der Waals surface area contributed by atoms with Crippen molar-refractivity contribution in [2.45, 2.75) is 65.2 Å². The molecule has 0 N–H and O–H groups in total. The Bertz CT molecular complexity index is 1520. The molecule has 5 heteroatoms. The highest BCUT2D eigenvalue weighted by atomic mass is 16.6. The van der Waals surface area contributed by atoms with Crippen molar-refractivity contribution in [3.8, 4) is 0 Å². The first-order valence-electron chi connectivity index (χ1n) is 13.7. The highest BCUT2D eigenvalue weighted by Gasteiger charge is 2.45. The van der Waals surface area contributed by atoms with Gasteiger partial charge in [0.05, 0.1) is 10.3 Å². The molecule has 0 fully saturated rings. The van der Waals surface area contributed by atoms with E-state index in [0.717, 1.165) is 37.2 Å². The topological polar surface area (TPSA) is 49.4 Å². The van der Waals surface area contributed by atoms with Gasteiger partial charge in [0.2, 0.25) is 5.69 Å². The van der Waals surface area contributed by atoms with Crippen molar-refractivity contribution in [3.63, 3.8) is 0 Å². The van der Waals surface area contributed by atoms with Crippen molar-refractivity contribution in [2.75, 3.05) is 18.0 Å². The van der Waals surface area contributed by atoms with Crippen molar-refractivity contribution >= 4 is 33.5 Å². The summed E-state index contributed by atoms with van der Waals surface area (Å²) < 4.78 is 2.48. The summed E-state index contributed by atoms with van der Waals surface area (Å²) in [6, 6.07) is 18.5. The Balaban J connectivity index is 1.59. The molecule has 0 amide bonds. The van der Waals surface area contributed by atoms with Gasteiger partial charge in [-0.2, -0.15) is 4.58 Å². The van der Waals surface area contributed by atoms with Crippen LogP contribution in [0.2, 0.25) is 0 Å². The summed E-state index contributed by atoms with van der Waals surface area (Å²) >= 11 is 0. The molecule has 0 aromatic heterocycles. The largest absolute Gasteiger partial charge is 0.344 e. The maximum absolute atomic E-state index is 11.5. The van der Waals surface area contributed by atoms with Crippen molar-refractivity contribution in [3.05, 3.63) is 99.8 Å². The Morgan fingerprint density at radius 1 is 0.974 bits per heavy atom. The summed E-state index contributed by atoms with van der Waals surface area (Å²) in [6.45, 7) is 15.2. The lowest BCUT2D eigenvalue weighted by Gasteiger charge is -2.26. The smallest absolute Gasteiger partial charge is 0.269 e. The predicted molar refractivity (Wildman–Crippen MR) is 158 cm³/mol. The third-order valence-electron chi connectivity index (χ3n) is 8.24. The molecule has 0 bridgehead atoms. The maximum atomic E-state index is 11.5. The van der Waals surface area contributed by atoms with Gasteiger partial charge in [-0.15, -0.1) is 0 Å². The summed E-state index contributed by atoms with van der Waals surface area (Å²) in [4.78, 5) is 13.5. The molecule has 5 nitrogen and oxygen atoms in total. The summed E-state index contributed by atoms with van der Waals surface area (Å²) in [5, 5.41) is 14.1. The molecule has 3 aromatic carbocycles. The quantitative estimate of drug-likeness (QED) is 0.184. The molecule has 0 atom stereocenters. The average Bonchev–Trinajstić information content (AvgIpc) is 3.23. The third-order valence-corrected chi connectivity index (χ3v) is 8.24. The van der Waals surface area contributed by atoms with Gasteiger partial charge in [0, 0.05) is 59.6 Å². The van der Waals surface area contributed by atoms with Gasteiger partial charge < -0.3 is 4.90 Å². The minimum Gasteiger partial charge on any atom is -0.344 e. The minimum absolute atomic E-state index is 0.141. The van der Waals surface area contributed by atoms with Crippen molar-refractivity contribution in [2.24, 2.45) is 0 Å². The van der Waals surface area contributed by atoms with E-state index in [0.29, 0.717) is 0 Å². The normalized spacial score (nSPS) is 18.6. The van der Waals surface area contributed by atoms with Gasteiger partial charge in [-0.05, 0) is 54.8 Å². The van der Waals surface area contributed by atoms with Gasteiger partial charge in [0.15, 0.2) is 5.71 Å². The highest BCUT2D eigenvalue weighted by Crippen LogP contribution is 2.49. The zero-order valence-corrected chi connectivity index (χ0v) is 23.4. The second-order valence-electron chi connectivity index (χ2n) is 11.5. The fourth-order valence-electron chi connectivity index (χ4n) is 6.47. The highest BCUT2D eigenvalue weighted by molar-refractivity contribution is 6.07. The molecule has 0 saturated heterocycles. The van der Waals surface area contributed by atoms with Crippen molar-refractivity contribution in [1.29, 1.82) is 0 Å². The summed E-state index contributed by atoms with van der Waals surface area (Å²) in [6.07, 6.45) is 8.74. The molecule has 0 spiro atoms. The minimum atomic E-state index is -0.334. The number of anilines is 1. The zero-order valence-electron chi connectivity index (χ0n) is 23.4. The maximum Gasteiger partial charge on any atom is 0.269 e. The number of non-ortho nitro benzene ring substituents is 1. The third kappa shape index (κ3) is 3.96. The molecule has 0 radical (unpaired) electrons. The van der Waals surface area contributed by atoms with Gasteiger partial charge in [-0.25, -0.2) is 0 Å². The Labute approximate surface area is 226 Å². The molecule has 0 unspecified atom stereocenters. The van der Waals surface area contributed by atoms with Crippen LogP contribution in [0.1, 0.15) is 65.5 Å². The SMILES string of the molecule is CCCN1/C(=C\C=C\C2=[N+](CCC)c3ccc4ccccc4c3C2(C)C)C(C)(C)c2cc([N+](=O)[O-])ccc21. The van der Waals surface area contributed by atoms with Crippen LogP contribution in [0.15, 0.2) is 78.5 Å². The number of hydrogen-bond acceptors (Lipinski definition) is 3.